The average Bonchev–Trinajstić information content (AvgIpc) is 3.37. The second kappa shape index (κ2) is 63.2. The lowest BCUT2D eigenvalue weighted by atomic mass is 10.0. The summed E-state index contributed by atoms with van der Waals surface area (Å²) in [7, 11) is 0. The summed E-state index contributed by atoms with van der Waals surface area (Å²) in [5.74, 6) is -0.0646. The second-order valence-electron chi connectivity index (χ2n) is 22.9. The van der Waals surface area contributed by atoms with Crippen molar-refractivity contribution in [1.82, 2.24) is 5.32 Å². The number of amides is 1. The molecule has 0 heterocycles. The molecule has 0 bridgehead atoms. The van der Waals surface area contributed by atoms with E-state index >= 15 is 0 Å². The molecule has 0 saturated heterocycles. The van der Waals surface area contributed by atoms with E-state index in [1.165, 1.54) is 327 Å². The molecule has 3 N–H and O–H groups in total. The third-order valence-corrected chi connectivity index (χ3v) is 15.7. The van der Waals surface area contributed by atoms with Crippen LogP contribution in [0.25, 0.3) is 0 Å². The number of aliphatic hydroxyl groups excluding tert-OH is 2. The summed E-state index contributed by atoms with van der Waals surface area (Å²) in [6, 6.07) is -0.637. The monoisotopic (exact) mass is 998 g/mol. The van der Waals surface area contributed by atoms with Gasteiger partial charge in [-0.2, -0.15) is 0 Å². The maximum atomic E-state index is 12.5. The molecule has 0 aliphatic carbocycles. The molecule has 0 aliphatic rings. The zero-order chi connectivity index (χ0) is 51.3. The fourth-order valence-electron chi connectivity index (χ4n) is 10.7. The second-order valence-corrected chi connectivity index (χ2v) is 22.9. The summed E-state index contributed by atoms with van der Waals surface area (Å²) >= 11 is 0. The normalized spacial score (nSPS) is 12.8. The van der Waals surface area contributed by atoms with Gasteiger partial charge in [-0.1, -0.05) is 366 Å². The first kappa shape index (κ1) is 69.9. The molecule has 0 aromatic rings. The highest BCUT2D eigenvalue weighted by Gasteiger charge is 2.18. The Kier molecular flexibility index (Phi) is 62.2. The van der Waals surface area contributed by atoms with Gasteiger partial charge in [0.1, 0.15) is 0 Å². The van der Waals surface area contributed by atoms with Gasteiger partial charge < -0.3 is 15.5 Å². The molecule has 0 fully saturated rings. The Morgan fingerprint density at radius 2 is 0.549 bits per heavy atom. The number of rotatable bonds is 62. The third kappa shape index (κ3) is 59.6. The van der Waals surface area contributed by atoms with E-state index in [1.54, 1.807) is 6.08 Å². The van der Waals surface area contributed by atoms with Crippen molar-refractivity contribution in [3.63, 3.8) is 0 Å². The van der Waals surface area contributed by atoms with Crippen LogP contribution in [0.4, 0.5) is 0 Å². The van der Waals surface area contributed by atoms with Gasteiger partial charge in [-0.05, 0) is 32.1 Å². The number of carbonyl (C=O) groups excluding carboxylic acids is 1. The molecule has 1 amide bonds. The van der Waals surface area contributed by atoms with Crippen molar-refractivity contribution < 1.29 is 15.0 Å². The number of aliphatic hydroxyl groups is 2. The van der Waals surface area contributed by atoms with Crippen LogP contribution in [0.15, 0.2) is 24.3 Å². The summed E-state index contributed by atoms with van der Waals surface area (Å²) < 4.78 is 0. The van der Waals surface area contributed by atoms with Crippen molar-refractivity contribution in [2.45, 2.75) is 392 Å². The van der Waals surface area contributed by atoms with Crippen LogP contribution in [-0.4, -0.2) is 34.9 Å². The van der Waals surface area contributed by atoms with Crippen LogP contribution < -0.4 is 5.32 Å². The van der Waals surface area contributed by atoms with Crippen LogP contribution in [0.3, 0.4) is 0 Å². The Balaban J connectivity index is 3.43. The molecule has 2 unspecified atom stereocenters. The smallest absolute Gasteiger partial charge is 0.220 e. The highest BCUT2D eigenvalue weighted by Crippen LogP contribution is 2.19. The molecular formula is C67H131NO3. The molecule has 2 atom stereocenters. The van der Waals surface area contributed by atoms with Crippen LogP contribution in [0.2, 0.25) is 0 Å². The Hall–Kier alpha value is -1.13. The van der Waals surface area contributed by atoms with Gasteiger partial charge in [0.2, 0.25) is 5.91 Å². The summed E-state index contributed by atoms with van der Waals surface area (Å²) in [5, 5.41) is 23.2. The number of unbranched alkanes of at least 4 members (excludes halogenated alkanes) is 53. The van der Waals surface area contributed by atoms with Gasteiger partial charge in [-0.15, -0.1) is 0 Å². The SMILES string of the molecule is CCCCCCCCCCCCCCCCCCCCCC/C=C/CC/C=C/C(O)C(CO)NC(=O)CCCCCCCCCCCCCCCCCCCCCCCCCCCCCCCCCCC. The van der Waals surface area contributed by atoms with Crippen LogP contribution in [-0.2, 0) is 4.79 Å². The maximum Gasteiger partial charge on any atom is 0.220 e. The van der Waals surface area contributed by atoms with Gasteiger partial charge in [0.05, 0.1) is 18.8 Å². The number of hydrogen-bond donors (Lipinski definition) is 3. The van der Waals surface area contributed by atoms with Crippen molar-refractivity contribution in [3.8, 4) is 0 Å². The Bertz CT molecular complexity index is 1040. The summed E-state index contributed by atoms with van der Waals surface area (Å²) in [6.45, 7) is 4.35. The quantitative estimate of drug-likeness (QED) is 0.0420. The zero-order valence-corrected chi connectivity index (χ0v) is 48.8. The van der Waals surface area contributed by atoms with E-state index in [1.807, 2.05) is 6.08 Å². The first-order valence-corrected chi connectivity index (χ1v) is 33.1. The molecule has 71 heavy (non-hydrogen) atoms. The first-order valence-electron chi connectivity index (χ1n) is 33.1. The molecule has 0 radical (unpaired) electrons. The molecule has 0 aromatic heterocycles. The molecule has 4 nitrogen and oxygen atoms in total. The summed E-state index contributed by atoms with van der Waals surface area (Å²) in [6.07, 6.45) is 85.4. The van der Waals surface area contributed by atoms with E-state index in [0.29, 0.717) is 6.42 Å². The third-order valence-electron chi connectivity index (χ3n) is 15.7. The molecule has 0 aliphatic heterocycles. The van der Waals surface area contributed by atoms with Crippen LogP contribution in [0.1, 0.15) is 380 Å². The molecule has 0 saturated carbocycles. The van der Waals surface area contributed by atoms with E-state index in [-0.39, 0.29) is 12.5 Å². The van der Waals surface area contributed by atoms with Crippen molar-refractivity contribution in [3.05, 3.63) is 24.3 Å². The fraction of sp³-hybridized carbons (Fsp3) is 0.925. The van der Waals surface area contributed by atoms with Crippen molar-refractivity contribution in [2.75, 3.05) is 6.61 Å². The standard InChI is InChI=1S/C67H131NO3/c1-3-5-7-9-11-13-15-17-19-21-23-25-27-29-31-32-33-34-35-36-37-39-41-43-45-47-49-51-53-55-57-59-61-63-67(71)68-65(64-69)66(70)62-60-58-56-54-52-50-48-46-44-42-40-38-30-28-26-24-22-20-18-16-14-12-10-8-6-4-2/h52,54,60,62,65-66,69-70H,3-51,53,55-59,61,63-64H2,1-2H3,(H,68,71)/b54-52+,62-60+. The van der Waals surface area contributed by atoms with Gasteiger partial charge in [0.25, 0.3) is 0 Å². The molecule has 4 heteroatoms. The van der Waals surface area contributed by atoms with Gasteiger partial charge in [-0.3, -0.25) is 4.79 Å². The molecule has 0 rings (SSSR count). The predicted octanol–water partition coefficient (Wildman–Crippen LogP) is 22.2. The lowest BCUT2D eigenvalue weighted by Crippen LogP contribution is -2.45. The lowest BCUT2D eigenvalue weighted by Gasteiger charge is -2.19. The topological polar surface area (TPSA) is 69.6 Å². The minimum atomic E-state index is -0.861. The van der Waals surface area contributed by atoms with Crippen molar-refractivity contribution in [2.24, 2.45) is 0 Å². The number of hydrogen-bond acceptors (Lipinski definition) is 3. The van der Waals surface area contributed by atoms with Gasteiger partial charge >= 0.3 is 0 Å². The largest absolute Gasteiger partial charge is 0.394 e. The predicted molar refractivity (Wildman–Crippen MR) is 318 cm³/mol. The highest BCUT2D eigenvalue weighted by molar-refractivity contribution is 5.76. The van der Waals surface area contributed by atoms with Crippen LogP contribution >= 0.6 is 0 Å². The van der Waals surface area contributed by atoms with E-state index in [9.17, 15) is 15.0 Å². The van der Waals surface area contributed by atoms with E-state index in [0.717, 1.165) is 32.1 Å². The van der Waals surface area contributed by atoms with Crippen LogP contribution in [0.5, 0.6) is 0 Å². The maximum absolute atomic E-state index is 12.5. The van der Waals surface area contributed by atoms with Crippen molar-refractivity contribution >= 4 is 5.91 Å². The van der Waals surface area contributed by atoms with E-state index in [2.05, 4.69) is 31.3 Å². The zero-order valence-electron chi connectivity index (χ0n) is 48.8. The first-order chi connectivity index (χ1) is 35.2. The van der Waals surface area contributed by atoms with E-state index in [4.69, 9.17) is 0 Å². The number of nitrogens with one attached hydrogen (secondary N) is 1. The number of allylic oxidation sites excluding steroid dienone is 3. The van der Waals surface area contributed by atoms with Gasteiger partial charge in [0, 0.05) is 6.42 Å². The molecule has 0 spiro atoms. The Morgan fingerprint density at radius 3 is 0.817 bits per heavy atom. The minimum Gasteiger partial charge on any atom is -0.394 e. The lowest BCUT2D eigenvalue weighted by molar-refractivity contribution is -0.123. The molecule has 422 valence electrons. The van der Waals surface area contributed by atoms with Crippen LogP contribution in [0, 0.1) is 0 Å². The minimum absolute atomic E-state index is 0.0646. The fourth-order valence-corrected chi connectivity index (χ4v) is 10.7. The van der Waals surface area contributed by atoms with Gasteiger partial charge in [0.15, 0.2) is 0 Å². The average molecular weight is 999 g/mol. The van der Waals surface area contributed by atoms with Gasteiger partial charge in [-0.25, -0.2) is 0 Å². The summed E-state index contributed by atoms with van der Waals surface area (Å²) in [5.41, 5.74) is 0. The summed E-state index contributed by atoms with van der Waals surface area (Å²) in [4.78, 5) is 12.5. The van der Waals surface area contributed by atoms with E-state index < -0.39 is 12.1 Å². The van der Waals surface area contributed by atoms with Crippen molar-refractivity contribution in [1.29, 1.82) is 0 Å². The Labute approximate surface area is 447 Å². The molecular weight excluding hydrogens is 867 g/mol. The highest BCUT2D eigenvalue weighted by atomic mass is 16.3. The molecule has 0 aromatic carbocycles. The Morgan fingerprint density at radius 1 is 0.324 bits per heavy atom. The number of carbonyl (C=O) groups is 1.